The highest BCUT2D eigenvalue weighted by Gasteiger charge is 1.95. The van der Waals surface area contributed by atoms with E-state index in [4.69, 9.17) is 17.3 Å². The number of rotatable bonds is 0. The van der Waals surface area contributed by atoms with E-state index < -0.39 is 11.5 Å². The Morgan fingerprint density at radius 2 is 2.31 bits per heavy atom. The smallest absolute Gasteiger partial charge is 0.293 e. The molecule has 0 spiro atoms. The summed E-state index contributed by atoms with van der Waals surface area (Å²) in [5, 5.41) is 0.0243. The molecule has 0 atom stereocenters. The van der Waals surface area contributed by atoms with Crippen LogP contribution in [-0.2, 0) is 4.79 Å². The van der Waals surface area contributed by atoms with E-state index in [9.17, 15) is 9.59 Å². The first kappa shape index (κ1) is 9.36. The first-order valence-corrected chi connectivity index (χ1v) is 3.67. The van der Waals surface area contributed by atoms with Gasteiger partial charge in [-0.2, -0.15) is 0 Å². The second-order valence-electron chi connectivity index (χ2n) is 2.18. The third-order valence-corrected chi connectivity index (χ3v) is 1.47. The molecule has 66 valence electrons. The summed E-state index contributed by atoms with van der Waals surface area (Å²) in [6, 6.07) is 1.36. The third kappa shape index (κ3) is 2.65. The van der Waals surface area contributed by atoms with E-state index in [1.807, 2.05) is 0 Å². The van der Waals surface area contributed by atoms with Gasteiger partial charge in [0.25, 0.3) is 11.5 Å². The Morgan fingerprint density at radius 1 is 1.62 bits per heavy atom. The lowest BCUT2D eigenvalue weighted by molar-refractivity contribution is -0.112. The second kappa shape index (κ2) is 3.78. The number of nitrogens with two attached hydrogens (primary N) is 1. The van der Waals surface area contributed by atoms with Crippen molar-refractivity contribution in [1.82, 2.24) is 4.98 Å². The Bertz CT molecular complexity index is 453. The van der Waals surface area contributed by atoms with Crippen molar-refractivity contribution in [3.05, 3.63) is 33.2 Å². The summed E-state index contributed by atoms with van der Waals surface area (Å²) in [4.78, 5) is 23.4. The summed E-state index contributed by atoms with van der Waals surface area (Å²) < 4.78 is 0. The molecule has 0 saturated heterocycles. The number of carbonyl (C=O) groups excluding carboxylic acids is 1. The van der Waals surface area contributed by atoms with Gasteiger partial charge in [-0.05, 0) is 6.07 Å². The molecule has 0 unspecified atom stereocenters. The Morgan fingerprint density at radius 3 is 2.85 bits per heavy atom. The van der Waals surface area contributed by atoms with Crippen molar-refractivity contribution in [1.29, 1.82) is 0 Å². The minimum Gasteiger partial charge on any atom is -0.359 e. The Balaban J connectivity index is 3.07. The predicted molar refractivity (Wildman–Crippen MR) is 48.1 cm³/mol. The molecule has 1 amide bonds. The molecule has 5 heteroatoms. The number of hydrogen-bond acceptors (Lipinski definition) is 2. The first-order chi connectivity index (χ1) is 6.09. The molecule has 4 nitrogen and oxygen atoms in total. The number of H-pyrrole nitrogens is 1. The van der Waals surface area contributed by atoms with E-state index in [1.165, 1.54) is 12.3 Å². The molecule has 0 radical (unpaired) electrons. The van der Waals surface area contributed by atoms with Gasteiger partial charge < -0.3 is 10.7 Å². The van der Waals surface area contributed by atoms with Gasteiger partial charge >= 0.3 is 0 Å². The fourth-order valence-corrected chi connectivity index (χ4v) is 0.834. The summed E-state index contributed by atoms with van der Waals surface area (Å²) in [5.41, 5.74) is 4.83. The molecule has 3 N–H and O–H groups in total. The lowest BCUT2D eigenvalue weighted by atomic mass is 10.3. The standard InChI is InChI=1S/C8H5ClN2O2/c9-6-3-5(1-2-7(10)12)4-11-8(6)13/h3-4H,(H2,10,12)(H,11,13). The van der Waals surface area contributed by atoms with E-state index in [2.05, 4.69) is 16.8 Å². The van der Waals surface area contributed by atoms with Crippen LogP contribution < -0.4 is 11.3 Å². The summed E-state index contributed by atoms with van der Waals surface area (Å²) in [6.07, 6.45) is 1.35. The highest BCUT2D eigenvalue weighted by atomic mass is 35.5. The zero-order valence-corrected chi connectivity index (χ0v) is 7.18. The van der Waals surface area contributed by atoms with Crippen LogP contribution in [0.1, 0.15) is 5.56 Å². The normalized spacial score (nSPS) is 8.69. The molecule has 0 bridgehead atoms. The molecule has 1 aromatic heterocycles. The van der Waals surface area contributed by atoms with E-state index in [1.54, 1.807) is 0 Å². The number of aromatic nitrogens is 1. The van der Waals surface area contributed by atoms with Gasteiger partial charge in [0.2, 0.25) is 0 Å². The Hall–Kier alpha value is -1.73. The van der Waals surface area contributed by atoms with Gasteiger partial charge in [0.1, 0.15) is 5.02 Å². The van der Waals surface area contributed by atoms with Gasteiger partial charge in [0.15, 0.2) is 0 Å². The maximum atomic E-state index is 10.8. The van der Waals surface area contributed by atoms with Gasteiger partial charge in [-0.3, -0.25) is 9.59 Å². The van der Waals surface area contributed by atoms with E-state index >= 15 is 0 Å². The number of pyridine rings is 1. The van der Waals surface area contributed by atoms with Crippen molar-refractivity contribution in [3.63, 3.8) is 0 Å². The lowest BCUT2D eigenvalue weighted by Gasteiger charge is -1.89. The number of hydrogen-bond donors (Lipinski definition) is 2. The van der Waals surface area contributed by atoms with Crippen molar-refractivity contribution >= 4 is 17.5 Å². The molecule has 0 aliphatic rings. The maximum absolute atomic E-state index is 10.8. The SMILES string of the molecule is NC(=O)C#Cc1c[nH]c(=O)c(Cl)c1. The molecular weight excluding hydrogens is 192 g/mol. The largest absolute Gasteiger partial charge is 0.359 e. The van der Waals surface area contributed by atoms with Gasteiger partial charge in [0, 0.05) is 17.7 Å². The zero-order valence-electron chi connectivity index (χ0n) is 6.43. The Labute approximate surface area is 78.7 Å². The fourth-order valence-electron chi connectivity index (χ4n) is 0.662. The quantitative estimate of drug-likeness (QED) is 0.567. The molecule has 13 heavy (non-hydrogen) atoms. The number of amides is 1. The number of halogens is 1. The average molecular weight is 197 g/mol. The highest BCUT2D eigenvalue weighted by Crippen LogP contribution is 2.01. The third-order valence-electron chi connectivity index (χ3n) is 1.19. The number of nitrogens with one attached hydrogen (secondary N) is 1. The minimum atomic E-state index is -0.734. The molecule has 1 aromatic rings. The van der Waals surface area contributed by atoms with Crippen LogP contribution in [0.3, 0.4) is 0 Å². The van der Waals surface area contributed by atoms with Crippen LogP contribution in [0, 0.1) is 11.8 Å². The van der Waals surface area contributed by atoms with Crippen molar-refractivity contribution in [2.24, 2.45) is 5.73 Å². The lowest BCUT2D eigenvalue weighted by Crippen LogP contribution is -2.07. The average Bonchev–Trinajstić information content (AvgIpc) is 2.07. The fraction of sp³-hybridized carbons (Fsp3) is 0. The van der Waals surface area contributed by atoms with Gasteiger partial charge in [-0.25, -0.2) is 0 Å². The summed E-state index contributed by atoms with van der Waals surface area (Å²) in [7, 11) is 0. The van der Waals surface area contributed by atoms with E-state index in [0.717, 1.165) is 0 Å². The minimum absolute atomic E-state index is 0.0243. The predicted octanol–water partition coefficient (Wildman–Crippen LogP) is -0.135. The van der Waals surface area contributed by atoms with Crippen LogP contribution >= 0.6 is 11.6 Å². The summed E-state index contributed by atoms with van der Waals surface area (Å²) >= 11 is 5.50. The molecule has 0 aromatic carbocycles. The van der Waals surface area contributed by atoms with Crippen molar-refractivity contribution in [2.45, 2.75) is 0 Å². The molecule has 0 aliphatic carbocycles. The molecule has 0 fully saturated rings. The molecule has 0 saturated carbocycles. The van der Waals surface area contributed by atoms with Crippen LogP contribution in [0.2, 0.25) is 5.02 Å². The topological polar surface area (TPSA) is 76.0 Å². The summed E-state index contributed by atoms with van der Waals surface area (Å²) in [5.74, 6) is 3.82. The van der Waals surface area contributed by atoms with Crippen molar-refractivity contribution in [2.75, 3.05) is 0 Å². The van der Waals surface area contributed by atoms with Gasteiger partial charge in [-0.1, -0.05) is 17.5 Å². The van der Waals surface area contributed by atoms with Crippen LogP contribution in [0.25, 0.3) is 0 Å². The number of primary amides is 1. The summed E-state index contributed by atoms with van der Waals surface area (Å²) in [6.45, 7) is 0. The number of carbonyl (C=O) groups is 1. The molecular formula is C8H5ClN2O2. The van der Waals surface area contributed by atoms with Gasteiger partial charge in [0.05, 0.1) is 0 Å². The number of aromatic amines is 1. The highest BCUT2D eigenvalue weighted by molar-refractivity contribution is 6.30. The monoisotopic (exact) mass is 196 g/mol. The molecule has 1 heterocycles. The first-order valence-electron chi connectivity index (χ1n) is 3.29. The van der Waals surface area contributed by atoms with Gasteiger partial charge in [-0.15, -0.1) is 0 Å². The molecule has 1 rings (SSSR count). The second-order valence-corrected chi connectivity index (χ2v) is 2.59. The van der Waals surface area contributed by atoms with E-state index in [-0.39, 0.29) is 5.02 Å². The maximum Gasteiger partial charge on any atom is 0.293 e. The zero-order chi connectivity index (χ0) is 9.84. The van der Waals surface area contributed by atoms with Crippen LogP contribution in [0.5, 0.6) is 0 Å². The van der Waals surface area contributed by atoms with Crippen LogP contribution in [0.4, 0.5) is 0 Å². The van der Waals surface area contributed by atoms with Crippen LogP contribution in [0.15, 0.2) is 17.1 Å². The van der Waals surface area contributed by atoms with Crippen LogP contribution in [-0.4, -0.2) is 10.9 Å². The van der Waals surface area contributed by atoms with Crippen molar-refractivity contribution in [3.8, 4) is 11.8 Å². The molecule has 0 aliphatic heterocycles. The Kier molecular flexibility index (Phi) is 2.72. The van der Waals surface area contributed by atoms with E-state index in [0.29, 0.717) is 5.56 Å². The van der Waals surface area contributed by atoms with Crippen molar-refractivity contribution < 1.29 is 4.79 Å².